The fraction of sp³-hybridized carbons (Fsp3) is 0.250. The molecule has 0 bridgehead atoms. The van der Waals surface area contributed by atoms with Crippen molar-refractivity contribution in [2.45, 2.75) is 23.7 Å². The second-order valence-corrected chi connectivity index (χ2v) is 9.60. The van der Waals surface area contributed by atoms with Gasteiger partial charge in [-0.1, -0.05) is 28.4 Å². The van der Waals surface area contributed by atoms with Crippen LogP contribution in [0, 0.1) is 0 Å². The lowest BCUT2D eigenvalue weighted by Gasteiger charge is -2.39. The van der Waals surface area contributed by atoms with Crippen molar-refractivity contribution in [2.75, 3.05) is 24.2 Å². The minimum atomic E-state index is -5.03. The molecule has 4 N–H and O–H groups in total. The number of nitrogens with zero attached hydrogens (tertiary/aromatic N) is 1. The largest absolute Gasteiger partial charge is 0.447 e. The van der Waals surface area contributed by atoms with Gasteiger partial charge in [0.05, 0.1) is 17.9 Å². The maximum atomic E-state index is 13.8. The first-order chi connectivity index (χ1) is 20.0. The summed E-state index contributed by atoms with van der Waals surface area (Å²) in [6, 6.07) is 8.50. The fourth-order valence-electron chi connectivity index (χ4n) is 4.16. The second-order valence-electron chi connectivity index (χ2n) is 8.73. The number of carbonyl (C=O) groups is 3. The molecule has 3 amide bonds. The van der Waals surface area contributed by atoms with E-state index in [1.54, 1.807) is 0 Å². The van der Waals surface area contributed by atoms with Gasteiger partial charge in [0.2, 0.25) is 0 Å². The number of anilines is 2. The maximum absolute atomic E-state index is 13.8. The predicted octanol–water partition coefficient (Wildman–Crippen LogP) is 5.91. The number of benzene rings is 2. The third-order valence-corrected chi connectivity index (χ3v) is 6.61. The molecule has 2 atom stereocenters. The van der Waals surface area contributed by atoms with E-state index in [1.807, 2.05) is 5.32 Å². The van der Waals surface area contributed by atoms with Gasteiger partial charge < -0.3 is 19.3 Å². The Hall–Kier alpha value is -4.22. The normalized spacial score (nSPS) is 21.0. The summed E-state index contributed by atoms with van der Waals surface area (Å²) in [4.78, 5) is 34.8. The van der Waals surface area contributed by atoms with Gasteiger partial charge in [-0.15, -0.1) is 0 Å². The molecule has 3 aromatic rings. The van der Waals surface area contributed by atoms with Gasteiger partial charge in [0.25, 0.3) is 17.2 Å². The van der Waals surface area contributed by atoms with Crippen LogP contribution < -0.4 is 21.3 Å². The topological polar surface area (TPSA) is 144 Å². The average Bonchev–Trinajstić information content (AvgIpc) is 3.46. The van der Waals surface area contributed by atoms with Crippen molar-refractivity contribution in [2.24, 2.45) is 0 Å². The Morgan fingerprint density at radius 1 is 0.884 bits per heavy atom. The minimum Gasteiger partial charge on any atom is -0.426 e. The van der Waals surface area contributed by atoms with Crippen LogP contribution in [0.15, 0.2) is 53.3 Å². The number of fused-ring (bicyclic) bond motifs is 2. The number of cyclic esters (lactones) is 2. The number of rotatable bonds is 4. The van der Waals surface area contributed by atoms with Crippen LogP contribution in [0.25, 0.3) is 0 Å². The van der Waals surface area contributed by atoms with Gasteiger partial charge in [0, 0.05) is 27.2 Å². The number of alkyl halides is 6. The molecule has 43 heavy (non-hydrogen) atoms. The molecule has 0 radical (unpaired) electrons. The highest BCUT2D eigenvalue weighted by Crippen LogP contribution is 2.48. The van der Waals surface area contributed by atoms with E-state index in [4.69, 9.17) is 23.2 Å². The zero-order chi connectivity index (χ0) is 31.8. The lowest BCUT2D eigenvalue weighted by Crippen LogP contribution is -2.58. The van der Waals surface area contributed by atoms with Crippen LogP contribution in [-0.2, 0) is 20.8 Å². The van der Waals surface area contributed by atoms with E-state index in [0.717, 1.165) is 25.4 Å². The van der Waals surface area contributed by atoms with Gasteiger partial charge in [-0.2, -0.15) is 26.3 Å². The molecule has 1 aromatic heterocycles. The molecular formula is C24H17Cl2F6N5O6. The van der Waals surface area contributed by atoms with Crippen LogP contribution in [0.1, 0.15) is 21.6 Å². The first-order valence-corrected chi connectivity index (χ1v) is 12.4. The highest BCUT2D eigenvalue weighted by Gasteiger charge is 2.63. The number of hydrogen-bond acceptors (Lipinski definition) is 8. The van der Waals surface area contributed by atoms with Gasteiger partial charge in [0.15, 0.2) is 5.69 Å². The van der Waals surface area contributed by atoms with E-state index >= 15 is 0 Å². The van der Waals surface area contributed by atoms with E-state index < -0.39 is 53.9 Å². The summed E-state index contributed by atoms with van der Waals surface area (Å²) in [6.07, 6.45) is -11.2. The summed E-state index contributed by atoms with van der Waals surface area (Å²) in [5.74, 6) is -0.921. The molecule has 2 unspecified atom stereocenters. The molecule has 230 valence electrons. The molecule has 0 aliphatic carbocycles. The van der Waals surface area contributed by atoms with E-state index in [1.165, 1.54) is 30.3 Å². The Morgan fingerprint density at radius 2 is 1.44 bits per heavy atom. The zero-order valence-electron chi connectivity index (χ0n) is 21.2. The number of hydrogen-bond donors (Lipinski definition) is 4. The SMILES string of the molecule is CNC1(C(F)(F)F)OC(=O)Nc2ccc(Cl)cc21.O=C1Nc2ccc(Cl)cc2C(CNC(=O)c2ccon2)(C(F)(F)F)O1. The monoisotopic (exact) mass is 655 g/mol. The molecule has 2 aliphatic heterocycles. The Bertz CT molecular complexity index is 1550. The van der Waals surface area contributed by atoms with Crippen LogP contribution in [0.4, 0.5) is 47.3 Å². The molecule has 0 spiro atoms. The Balaban J connectivity index is 0.000000208. The average molecular weight is 656 g/mol. The first kappa shape index (κ1) is 31.7. The number of amides is 3. The lowest BCUT2D eigenvalue weighted by atomic mass is 9.89. The second kappa shape index (κ2) is 11.5. The van der Waals surface area contributed by atoms with Crippen molar-refractivity contribution in [3.8, 4) is 0 Å². The molecule has 2 aromatic carbocycles. The van der Waals surface area contributed by atoms with Gasteiger partial charge in [-0.05, 0) is 43.4 Å². The molecule has 0 saturated carbocycles. The number of ether oxygens (including phenoxy) is 2. The molecule has 2 aliphatic rings. The van der Waals surface area contributed by atoms with Crippen LogP contribution in [0.5, 0.6) is 0 Å². The molecule has 5 rings (SSSR count). The van der Waals surface area contributed by atoms with E-state index in [0.29, 0.717) is 0 Å². The van der Waals surface area contributed by atoms with Gasteiger partial charge >= 0.3 is 24.5 Å². The highest BCUT2D eigenvalue weighted by atomic mass is 35.5. The summed E-state index contributed by atoms with van der Waals surface area (Å²) in [5.41, 5.74) is -7.04. The fourth-order valence-corrected chi connectivity index (χ4v) is 4.50. The Kier molecular flexibility index (Phi) is 8.45. The maximum Gasteiger partial charge on any atom is 0.447 e. The van der Waals surface area contributed by atoms with Gasteiger partial charge in [-0.3, -0.25) is 20.7 Å². The summed E-state index contributed by atoms with van der Waals surface area (Å²) >= 11 is 11.5. The Labute approximate surface area is 246 Å². The van der Waals surface area contributed by atoms with Crippen LogP contribution in [-0.4, -0.2) is 49.2 Å². The number of halogens is 8. The zero-order valence-corrected chi connectivity index (χ0v) is 22.8. The molecule has 0 saturated heterocycles. The summed E-state index contributed by atoms with van der Waals surface area (Å²) in [7, 11) is 1.05. The molecule has 11 nitrogen and oxygen atoms in total. The first-order valence-electron chi connectivity index (χ1n) is 11.6. The number of nitrogens with one attached hydrogen (secondary N) is 4. The van der Waals surface area contributed by atoms with E-state index in [9.17, 15) is 40.7 Å². The molecule has 3 heterocycles. The molecular weight excluding hydrogens is 639 g/mol. The standard InChI is InChI=1S/C14H9ClF3N3O4.C10H8ClF3N2O2/c15-7-1-2-9-8(5-7)13(14(16,17)18,25-12(23)20-9)6-19-11(22)10-3-4-24-21-10;1-15-9(10(12,13)14)6-4-5(11)2-3-7(6)16-8(17)18-9/h1-5H,6H2,(H,19,22)(H,20,23);2-4,15H,1H3,(H,16,17). The third-order valence-electron chi connectivity index (χ3n) is 6.14. The number of aromatic nitrogens is 1. The minimum absolute atomic E-state index is 0.00215. The van der Waals surface area contributed by atoms with Crippen molar-refractivity contribution >= 4 is 52.7 Å². The van der Waals surface area contributed by atoms with E-state index in [2.05, 4.69) is 35.1 Å². The van der Waals surface area contributed by atoms with Crippen molar-refractivity contribution in [3.05, 3.63) is 75.6 Å². The van der Waals surface area contributed by atoms with Gasteiger partial charge in [0.1, 0.15) is 6.26 Å². The van der Waals surface area contributed by atoms with Crippen LogP contribution >= 0.6 is 23.2 Å². The lowest BCUT2D eigenvalue weighted by molar-refractivity contribution is -0.275. The predicted molar refractivity (Wildman–Crippen MR) is 136 cm³/mol. The summed E-state index contributed by atoms with van der Waals surface area (Å²) in [5, 5.41) is 11.9. The summed E-state index contributed by atoms with van der Waals surface area (Å²) in [6.45, 7) is -1.07. The smallest absolute Gasteiger partial charge is 0.426 e. The van der Waals surface area contributed by atoms with E-state index in [-0.39, 0.29) is 32.7 Å². The van der Waals surface area contributed by atoms with Crippen LogP contribution in [0.3, 0.4) is 0 Å². The van der Waals surface area contributed by atoms with Crippen molar-refractivity contribution in [1.82, 2.24) is 15.8 Å². The third kappa shape index (κ3) is 6.00. The number of carbonyl (C=O) groups excluding carboxylic acids is 3. The van der Waals surface area contributed by atoms with Crippen molar-refractivity contribution < 1.29 is 54.7 Å². The molecule has 0 fully saturated rings. The van der Waals surface area contributed by atoms with Crippen molar-refractivity contribution in [1.29, 1.82) is 0 Å². The quantitative estimate of drug-likeness (QED) is 0.254. The Morgan fingerprint density at radius 3 is 1.95 bits per heavy atom. The van der Waals surface area contributed by atoms with Crippen LogP contribution in [0.2, 0.25) is 10.0 Å². The molecule has 19 heteroatoms. The highest BCUT2D eigenvalue weighted by molar-refractivity contribution is 6.31. The summed E-state index contributed by atoms with van der Waals surface area (Å²) < 4.78 is 94.5. The van der Waals surface area contributed by atoms with Gasteiger partial charge in [-0.25, -0.2) is 9.59 Å². The van der Waals surface area contributed by atoms with Crippen molar-refractivity contribution in [3.63, 3.8) is 0 Å².